The van der Waals surface area contributed by atoms with Crippen molar-refractivity contribution in [3.05, 3.63) is 23.8 Å². The molecule has 18 heavy (non-hydrogen) atoms. The van der Waals surface area contributed by atoms with E-state index < -0.39 is 11.9 Å². The molecule has 1 aromatic carbocycles. The van der Waals surface area contributed by atoms with Crippen molar-refractivity contribution < 1.29 is 19.4 Å². The fourth-order valence-electron chi connectivity index (χ4n) is 1.89. The highest BCUT2D eigenvalue weighted by molar-refractivity contribution is 5.97. The lowest BCUT2D eigenvalue weighted by Gasteiger charge is -2.26. The molecule has 0 aromatic heterocycles. The molecule has 2 rings (SSSR count). The highest BCUT2D eigenvalue weighted by atomic mass is 16.5. The van der Waals surface area contributed by atoms with E-state index in [1.54, 1.807) is 31.0 Å². The third-order valence-electron chi connectivity index (χ3n) is 3.07. The van der Waals surface area contributed by atoms with E-state index >= 15 is 0 Å². The van der Waals surface area contributed by atoms with Gasteiger partial charge in [0.25, 0.3) is 5.91 Å². The Kier molecular flexibility index (Phi) is 3.23. The van der Waals surface area contributed by atoms with Gasteiger partial charge in [-0.2, -0.15) is 0 Å². The van der Waals surface area contributed by atoms with E-state index in [9.17, 15) is 9.59 Å². The Morgan fingerprint density at radius 2 is 2.28 bits per heavy atom. The van der Waals surface area contributed by atoms with Gasteiger partial charge in [0.2, 0.25) is 0 Å². The first-order chi connectivity index (χ1) is 8.49. The molecule has 96 valence electrons. The molecule has 0 saturated heterocycles. The minimum absolute atomic E-state index is 0.0292. The van der Waals surface area contributed by atoms with E-state index in [0.29, 0.717) is 12.2 Å². The first kappa shape index (κ1) is 12.4. The zero-order chi connectivity index (χ0) is 13.3. The molecule has 1 unspecified atom stereocenters. The fraction of sp³-hybridized carbons (Fsp3) is 0.385. The van der Waals surface area contributed by atoms with Gasteiger partial charge in [-0.15, -0.1) is 0 Å². The summed E-state index contributed by atoms with van der Waals surface area (Å²) < 4.78 is 5.35. The summed E-state index contributed by atoms with van der Waals surface area (Å²) in [7, 11) is 1.70. The zero-order valence-electron chi connectivity index (χ0n) is 10.3. The smallest absolute Gasteiger partial charge is 0.306 e. The SMILES string of the molecule is CC(Cc1ccc2c(c1)OCC(=O)N2C)C(=O)O. The number of anilines is 1. The number of amides is 1. The molecule has 0 radical (unpaired) electrons. The number of aliphatic carboxylic acids is 1. The Labute approximate surface area is 105 Å². The van der Waals surface area contributed by atoms with Crippen LogP contribution in [0, 0.1) is 5.92 Å². The van der Waals surface area contributed by atoms with E-state index in [1.807, 2.05) is 6.07 Å². The molecule has 1 atom stereocenters. The Morgan fingerprint density at radius 1 is 1.56 bits per heavy atom. The van der Waals surface area contributed by atoms with Crippen molar-refractivity contribution in [2.24, 2.45) is 5.92 Å². The molecule has 0 saturated carbocycles. The van der Waals surface area contributed by atoms with Crippen LogP contribution in [0.25, 0.3) is 0 Å². The van der Waals surface area contributed by atoms with Crippen LogP contribution in [0.15, 0.2) is 18.2 Å². The van der Waals surface area contributed by atoms with Crippen LogP contribution < -0.4 is 9.64 Å². The highest BCUT2D eigenvalue weighted by Crippen LogP contribution is 2.32. The van der Waals surface area contributed by atoms with E-state index in [4.69, 9.17) is 9.84 Å². The number of carboxylic acids is 1. The van der Waals surface area contributed by atoms with E-state index in [-0.39, 0.29) is 12.5 Å². The van der Waals surface area contributed by atoms with Gasteiger partial charge >= 0.3 is 5.97 Å². The van der Waals surface area contributed by atoms with Gasteiger partial charge in [0.05, 0.1) is 11.6 Å². The zero-order valence-corrected chi connectivity index (χ0v) is 10.3. The normalized spacial score (nSPS) is 15.9. The Balaban J connectivity index is 2.23. The number of nitrogens with zero attached hydrogens (tertiary/aromatic N) is 1. The molecular formula is C13H15NO4. The third kappa shape index (κ3) is 2.30. The summed E-state index contributed by atoms with van der Waals surface area (Å²) >= 11 is 0. The van der Waals surface area contributed by atoms with Crippen LogP contribution in [0.4, 0.5) is 5.69 Å². The van der Waals surface area contributed by atoms with E-state index in [2.05, 4.69) is 0 Å². The van der Waals surface area contributed by atoms with Crippen LogP contribution in [0.5, 0.6) is 5.75 Å². The summed E-state index contributed by atoms with van der Waals surface area (Å²) in [6.07, 6.45) is 0.448. The van der Waals surface area contributed by atoms with Gasteiger partial charge in [0.15, 0.2) is 6.61 Å². The van der Waals surface area contributed by atoms with Crippen LogP contribution >= 0.6 is 0 Å². The highest BCUT2D eigenvalue weighted by Gasteiger charge is 2.22. The van der Waals surface area contributed by atoms with Crippen LogP contribution in [0.2, 0.25) is 0 Å². The third-order valence-corrected chi connectivity index (χ3v) is 3.07. The Bertz CT molecular complexity index is 498. The molecule has 1 aromatic rings. The topological polar surface area (TPSA) is 66.8 Å². The fourth-order valence-corrected chi connectivity index (χ4v) is 1.89. The van der Waals surface area contributed by atoms with Crippen molar-refractivity contribution in [3.8, 4) is 5.75 Å². The second kappa shape index (κ2) is 4.68. The van der Waals surface area contributed by atoms with Gasteiger partial charge in [-0.3, -0.25) is 9.59 Å². The molecule has 0 spiro atoms. The van der Waals surface area contributed by atoms with Gasteiger partial charge in [-0.1, -0.05) is 13.0 Å². The maximum atomic E-state index is 11.4. The first-order valence-electron chi connectivity index (χ1n) is 5.74. The molecule has 1 amide bonds. The van der Waals surface area contributed by atoms with E-state index in [1.165, 1.54) is 0 Å². The van der Waals surface area contributed by atoms with E-state index in [0.717, 1.165) is 11.3 Å². The van der Waals surface area contributed by atoms with Gasteiger partial charge in [-0.25, -0.2) is 0 Å². The first-order valence-corrected chi connectivity index (χ1v) is 5.74. The molecule has 5 nitrogen and oxygen atoms in total. The minimum Gasteiger partial charge on any atom is -0.482 e. The van der Waals surface area contributed by atoms with Gasteiger partial charge in [0, 0.05) is 7.05 Å². The predicted molar refractivity (Wildman–Crippen MR) is 65.9 cm³/mol. The summed E-state index contributed by atoms with van der Waals surface area (Å²) in [5.41, 5.74) is 1.62. The predicted octanol–water partition coefficient (Wildman–Crippen LogP) is 1.30. The number of carbonyl (C=O) groups excluding carboxylic acids is 1. The van der Waals surface area contributed by atoms with Crippen molar-refractivity contribution in [3.63, 3.8) is 0 Å². The molecule has 5 heteroatoms. The lowest BCUT2D eigenvalue weighted by Crippen LogP contribution is -2.35. The minimum atomic E-state index is -0.819. The largest absolute Gasteiger partial charge is 0.482 e. The lowest BCUT2D eigenvalue weighted by atomic mass is 10.0. The number of hydrogen-bond donors (Lipinski definition) is 1. The number of rotatable bonds is 3. The second-order valence-corrected chi connectivity index (χ2v) is 4.49. The number of benzene rings is 1. The van der Waals surface area contributed by atoms with Crippen molar-refractivity contribution in [2.45, 2.75) is 13.3 Å². The molecule has 0 aliphatic carbocycles. The summed E-state index contributed by atoms with van der Waals surface area (Å²) in [6, 6.07) is 5.42. The molecule has 1 aliphatic rings. The number of likely N-dealkylation sites (N-methyl/N-ethyl adjacent to an activating group) is 1. The maximum Gasteiger partial charge on any atom is 0.306 e. The molecule has 1 N–H and O–H groups in total. The molecule has 1 heterocycles. The van der Waals surface area contributed by atoms with Crippen LogP contribution in [-0.4, -0.2) is 30.6 Å². The molecule has 1 aliphatic heterocycles. The summed E-state index contributed by atoms with van der Waals surface area (Å²) in [6.45, 7) is 1.69. The van der Waals surface area contributed by atoms with Gasteiger partial charge < -0.3 is 14.7 Å². The van der Waals surface area contributed by atoms with Crippen molar-refractivity contribution in [1.29, 1.82) is 0 Å². The summed E-state index contributed by atoms with van der Waals surface area (Å²) in [5.74, 6) is -0.715. The molecular weight excluding hydrogens is 234 g/mol. The summed E-state index contributed by atoms with van der Waals surface area (Å²) in [4.78, 5) is 23.8. The van der Waals surface area contributed by atoms with Gasteiger partial charge in [0.1, 0.15) is 5.75 Å². The van der Waals surface area contributed by atoms with Crippen LogP contribution in [-0.2, 0) is 16.0 Å². The van der Waals surface area contributed by atoms with Crippen molar-refractivity contribution >= 4 is 17.6 Å². The van der Waals surface area contributed by atoms with Crippen LogP contribution in [0.1, 0.15) is 12.5 Å². The Morgan fingerprint density at radius 3 is 2.94 bits per heavy atom. The number of carbonyl (C=O) groups is 2. The molecule has 0 fully saturated rings. The monoisotopic (exact) mass is 249 g/mol. The number of fused-ring (bicyclic) bond motifs is 1. The quantitative estimate of drug-likeness (QED) is 0.877. The maximum absolute atomic E-state index is 11.4. The standard InChI is InChI=1S/C13H15NO4/c1-8(13(16)17)5-9-3-4-10-11(6-9)18-7-12(15)14(10)2/h3-4,6,8H,5,7H2,1-2H3,(H,16,17). The average molecular weight is 249 g/mol. The van der Waals surface area contributed by atoms with Crippen molar-refractivity contribution in [1.82, 2.24) is 0 Å². The second-order valence-electron chi connectivity index (χ2n) is 4.49. The number of ether oxygens (including phenoxy) is 1. The lowest BCUT2D eigenvalue weighted by molar-refractivity contribution is -0.141. The van der Waals surface area contributed by atoms with Crippen LogP contribution in [0.3, 0.4) is 0 Å². The molecule has 0 bridgehead atoms. The number of hydrogen-bond acceptors (Lipinski definition) is 3. The van der Waals surface area contributed by atoms with Crippen molar-refractivity contribution in [2.75, 3.05) is 18.6 Å². The number of carboxylic acid groups (broad SMARTS) is 1. The van der Waals surface area contributed by atoms with Gasteiger partial charge in [-0.05, 0) is 24.1 Å². The Hall–Kier alpha value is -2.04. The summed E-state index contributed by atoms with van der Waals surface area (Å²) in [5, 5.41) is 8.87. The average Bonchev–Trinajstić information content (AvgIpc) is 2.34.